The van der Waals surface area contributed by atoms with Gasteiger partial charge in [0.05, 0.1) is 104 Å². The molecule has 6 N–H and O–H groups in total. The number of aldehydes is 1. The Morgan fingerprint density at radius 2 is 1.12 bits per heavy atom. The van der Waals surface area contributed by atoms with Gasteiger partial charge in [0.2, 0.25) is 6.29 Å². The maximum absolute atomic E-state index is 12.4. The number of aromatic carboxylic acids is 1. The van der Waals surface area contributed by atoms with Gasteiger partial charge >= 0.3 is 12.1 Å². The monoisotopic (exact) mass is 1250 g/mol. The summed E-state index contributed by atoms with van der Waals surface area (Å²) >= 11 is 11.6. The number of nitrogens with two attached hydrogens (primary N) is 1. The Bertz CT molecular complexity index is 3880. The molecule has 4 fully saturated rings. The van der Waals surface area contributed by atoms with Crippen LogP contribution < -0.4 is 30.3 Å². The van der Waals surface area contributed by atoms with Gasteiger partial charge in [-0.05, 0) is 106 Å². The van der Waals surface area contributed by atoms with Gasteiger partial charge < -0.3 is 45.6 Å². The summed E-state index contributed by atoms with van der Waals surface area (Å²) in [4.78, 5) is 62.1. The molecule has 2 aliphatic carbocycles. The van der Waals surface area contributed by atoms with E-state index >= 15 is 0 Å². The number of halogens is 5. The molecule has 10 heterocycles. The molecule has 8 aromatic heterocycles. The Labute approximate surface area is 512 Å². The summed E-state index contributed by atoms with van der Waals surface area (Å²) < 4.78 is 46.0. The Morgan fingerprint density at radius 1 is 0.705 bits per heavy atom. The average Bonchev–Trinajstić information content (AvgIpc) is 1.82. The number of fused-ring (bicyclic) bond motifs is 4. The third kappa shape index (κ3) is 15.5. The maximum atomic E-state index is 12.4. The Hall–Kier alpha value is -9.12. The van der Waals surface area contributed by atoms with Gasteiger partial charge in [-0.25, -0.2) is 33.8 Å². The van der Waals surface area contributed by atoms with E-state index in [1.54, 1.807) is 104 Å². The Morgan fingerprint density at radius 3 is 1.47 bits per heavy atom. The van der Waals surface area contributed by atoms with Crippen molar-refractivity contribution in [1.82, 2.24) is 54.4 Å². The van der Waals surface area contributed by atoms with E-state index in [-0.39, 0.29) is 43.0 Å². The van der Waals surface area contributed by atoms with E-state index in [0.717, 1.165) is 44.4 Å². The van der Waals surface area contributed by atoms with Gasteiger partial charge in [0.25, 0.3) is 5.91 Å². The standard InChI is InChI=1S/C28H27ClN8O3.C22H25N7O2.C6H4ClNO2.C2HF3O.CH4/c1-28(2,39)15-40-17-6-18(26-16(7-30)8-35-37(26)12-17)23-10-33-24(11-32-23)36-13-20-19(21(20)14-36)9-34-27(38)25-22(29)4-3-5-31-25;1-22(2,30)12-31-14-3-15(21-13(4-23)6-27-29(21)9-14)19-7-26-20(8-25-19)28-10-17-16(5-24)18(17)11-28;7-4-2-1-3-8-5(4)6(9)10;3-2(4,5)1-6;/h3-6,8,10-12,19-21,39H,9,13-15H2,1-2H3,(H,34,38);3,6-9,16-18,30H,5,10-12,24H2,1-2H3;1-3H,(H,9,10);1H;1H4/t19?,20-,21+;16?,17-,18+;;;. The number of nitrogens with zero attached hydrogens (tertiary/aromatic N) is 14. The molecule has 0 radical (unpaired) electrons. The second-order valence-corrected chi connectivity index (χ2v) is 23.0. The molecule has 12 rings (SSSR count). The average molecular weight is 1250 g/mol. The molecule has 2 saturated heterocycles. The lowest BCUT2D eigenvalue weighted by Gasteiger charge is -2.21. The van der Waals surface area contributed by atoms with Gasteiger partial charge in [-0.15, -0.1) is 0 Å². The summed E-state index contributed by atoms with van der Waals surface area (Å²) in [6, 6.07) is 14.4. The number of carboxylic acids is 1. The molecule has 88 heavy (non-hydrogen) atoms. The zero-order chi connectivity index (χ0) is 62.5. The predicted octanol–water partition coefficient (Wildman–Crippen LogP) is 7.24. The molecule has 0 bridgehead atoms. The van der Waals surface area contributed by atoms with Crippen LogP contribution in [0.15, 0.2) is 98.4 Å². The van der Waals surface area contributed by atoms with E-state index in [9.17, 15) is 43.5 Å². The van der Waals surface area contributed by atoms with Gasteiger partial charge in [0.1, 0.15) is 54.2 Å². The van der Waals surface area contributed by atoms with Gasteiger partial charge in [-0.1, -0.05) is 30.6 Å². The highest BCUT2D eigenvalue weighted by atomic mass is 35.5. The highest BCUT2D eigenvalue weighted by Gasteiger charge is 2.56. The highest BCUT2D eigenvalue weighted by Crippen LogP contribution is 2.53. The molecular formula is C59H61Cl2F3N16O8. The van der Waals surface area contributed by atoms with Crippen LogP contribution in [0, 0.1) is 58.2 Å². The fourth-order valence-corrected chi connectivity index (χ4v) is 10.8. The van der Waals surface area contributed by atoms with Crippen LogP contribution in [0.2, 0.25) is 10.0 Å². The first-order chi connectivity index (χ1) is 41.4. The highest BCUT2D eigenvalue weighted by molar-refractivity contribution is 6.33. The van der Waals surface area contributed by atoms with Gasteiger partial charge in [0, 0.05) is 56.2 Å². The van der Waals surface area contributed by atoms with Crippen LogP contribution in [0.25, 0.3) is 33.5 Å². The Balaban J connectivity index is 0.000000184. The lowest BCUT2D eigenvalue weighted by Crippen LogP contribution is -2.31. The van der Waals surface area contributed by atoms with E-state index in [2.05, 4.69) is 67.4 Å². The number of hydrogen-bond donors (Lipinski definition) is 5. The minimum absolute atomic E-state index is 0. The van der Waals surface area contributed by atoms with Crippen LogP contribution in [0.5, 0.6) is 11.5 Å². The van der Waals surface area contributed by atoms with Crippen molar-refractivity contribution >= 4 is 64.0 Å². The van der Waals surface area contributed by atoms with Crippen molar-refractivity contribution in [3.63, 3.8) is 0 Å². The fourth-order valence-electron chi connectivity index (χ4n) is 10.4. The normalized spacial score (nSPS) is 18.7. The smallest absolute Gasteiger partial charge is 0.446 e. The summed E-state index contributed by atoms with van der Waals surface area (Å²) in [6.45, 7) is 11.9. The lowest BCUT2D eigenvalue weighted by molar-refractivity contribution is -0.156. The molecule has 6 atom stereocenters. The quantitative estimate of drug-likeness (QED) is 0.0631. The van der Waals surface area contributed by atoms with E-state index in [1.807, 2.05) is 6.07 Å². The lowest BCUT2D eigenvalue weighted by atomic mass is 10.1. The number of nitriles is 2. The second kappa shape index (κ2) is 26.9. The van der Waals surface area contributed by atoms with Crippen LogP contribution in [0.1, 0.15) is 67.2 Å². The van der Waals surface area contributed by atoms with E-state index in [0.29, 0.717) is 103 Å². The number of aliphatic hydroxyl groups is 2. The van der Waals surface area contributed by atoms with Crippen molar-refractivity contribution < 1.29 is 52.3 Å². The number of hydrogen-bond acceptors (Lipinski definition) is 20. The number of alkyl halides is 3. The van der Waals surface area contributed by atoms with Crippen molar-refractivity contribution in [2.75, 3.05) is 62.3 Å². The molecule has 24 nitrogen and oxygen atoms in total. The first kappa shape index (κ1) is 64.9. The maximum Gasteiger partial charge on any atom is 0.446 e. The van der Waals surface area contributed by atoms with Crippen LogP contribution >= 0.6 is 23.2 Å². The number of aromatic nitrogens is 10. The summed E-state index contributed by atoms with van der Waals surface area (Å²) in [5.74, 6) is 4.69. The number of rotatable bonds is 15. The number of ether oxygens (including phenoxy) is 2. The van der Waals surface area contributed by atoms with Gasteiger partial charge in [-0.3, -0.25) is 19.6 Å². The van der Waals surface area contributed by atoms with Crippen molar-refractivity contribution in [2.24, 2.45) is 41.2 Å². The third-order valence-electron chi connectivity index (χ3n) is 14.7. The summed E-state index contributed by atoms with van der Waals surface area (Å²) in [6.07, 6.45) is 10.6. The first-order valence-corrected chi connectivity index (χ1v) is 27.8. The topological polar surface area (TPSA) is 334 Å². The largest absolute Gasteiger partial charge is 0.489 e. The molecule has 460 valence electrons. The van der Waals surface area contributed by atoms with Crippen molar-refractivity contribution in [3.8, 4) is 46.2 Å². The van der Waals surface area contributed by atoms with E-state index < -0.39 is 29.6 Å². The van der Waals surface area contributed by atoms with E-state index in [4.69, 9.17) is 48.3 Å². The number of amides is 1. The molecule has 1 amide bonds. The molecule has 2 saturated carbocycles. The number of anilines is 2. The number of nitrogens with one attached hydrogen (secondary N) is 1. The van der Waals surface area contributed by atoms with Gasteiger partial charge in [-0.2, -0.15) is 33.9 Å². The van der Waals surface area contributed by atoms with Crippen molar-refractivity contribution in [1.29, 1.82) is 10.5 Å². The Kier molecular flexibility index (Phi) is 19.8. The molecule has 2 unspecified atom stereocenters. The summed E-state index contributed by atoms with van der Waals surface area (Å²) in [5, 5.41) is 59.6. The minimum atomic E-state index is -4.64. The number of piperidine rings is 2. The van der Waals surface area contributed by atoms with Crippen LogP contribution in [-0.2, 0) is 4.79 Å². The molecule has 29 heteroatoms. The molecular weight excluding hydrogens is 1190 g/mol. The van der Waals surface area contributed by atoms with Crippen molar-refractivity contribution in [2.45, 2.75) is 52.5 Å². The molecule has 2 aliphatic heterocycles. The van der Waals surface area contributed by atoms with Gasteiger partial charge in [0.15, 0.2) is 5.69 Å². The molecule has 0 spiro atoms. The van der Waals surface area contributed by atoms with Crippen molar-refractivity contribution in [3.05, 3.63) is 131 Å². The molecule has 8 aromatic rings. The predicted molar refractivity (Wildman–Crippen MR) is 317 cm³/mol. The van der Waals surface area contributed by atoms with Crippen LogP contribution in [0.4, 0.5) is 24.8 Å². The first-order valence-electron chi connectivity index (χ1n) is 27.0. The number of carbonyl (C=O) groups is 3. The van der Waals surface area contributed by atoms with E-state index in [1.165, 1.54) is 24.7 Å². The molecule has 0 aromatic carbocycles. The third-order valence-corrected chi connectivity index (χ3v) is 15.3. The SMILES string of the molecule is C.CC(C)(O)COc1cc(-c2cnc(N3C[C@@H]4C(CN)[C@@H]4C3)cn2)c2c(C#N)cnn2c1.CC(C)(O)COc1cc(-c2cnc(N3C[C@@H]4C(CNC(=O)c5ncccc5Cl)[C@@H]4C3)cn2)c2c(C#N)cnn2c1.O=C(O)c1ncccc1Cl.O=CC(F)(F)F. The van der Waals surface area contributed by atoms with Crippen LogP contribution in [-0.4, -0.2) is 152 Å². The zero-order valence-corrected chi connectivity index (χ0v) is 48.6. The molecule has 4 aliphatic rings. The number of pyridine rings is 4. The zero-order valence-electron chi connectivity index (χ0n) is 47.0. The second-order valence-electron chi connectivity index (χ2n) is 22.2. The minimum Gasteiger partial charge on any atom is -0.489 e. The number of carboxylic acid groups (broad SMARTS) is 1. The number of carbonyl (C=O) groups excluding carboxylic acids is 2. The summed E-state index contributed by atoms with van der Waals surface area (Å²) in [5.41, 5.74) is 8.66. The van der Waals surface area contributed by atoms with Crippen LogP contribution in [0.3, 0.4) is 0 Å². The summed E-state index contributed by atoms with van der Waals surface area (Å²) in [7, 11) is 0. The fraction of sp³-hybridized carbons (Fsp3) is 0.373.